The van der Waals surface area contributed by atoms with Gasteiger partial charge in [-0.2, -0.15) is 0 Å². The van der Waals surface area contributed by atoms with Crippen molar-refractivity contribution < 1.29 is 9.84 Å². The Bertz CT molecular complexity index is 386. The van der Waals surface area contributed by atoms with Crippen molar-refractivity contribution in [3.63, 3.8) is 0 Å². The van der Waals surface area contributed by atoms with Crippen LogP contribution in [0.5, 0.6) is 0 Å². The predicted molar refractivity (Wildman–Crippen MR) is 76.6 cm³/mol. The zero-order valence-corrected chi connectivity index (χ0v) is 12.5. The molecule has 5 nitrogen and oxygen atoms in total. The molecule has 0 saturated heterocycles. The molecule has 1 aromatic heterocycles. The van der Waals surface area contributed by atoms with Crippen LogP contribution in [0.4, 0.5) is 5.82 Å². The average Bonchev–Trinajstić information content (AvgIpc) is 2.38. The Hall–Kier alpha value is -0.910. The lowest BCUT2D eigenvalue weighted by molar-refractivity contribution is 0.177. The van der Waals surface area contributed by atoms with Gasteiger partial charge in [-0.05, 0) is 12.8 Å². The highest BCUT2D eigenvalue weighted by Crippen LogP contribution is 2.21. The van der Waals surface area contributed by atoms with E-state index in [1.807, 2.05) is 0 Å². The fraction of sp³-hybridized carbons (Fsp3) is 0.692. The van der Waals surface area contributed by atoms with Crippen molar-refractivity contribution >= 4 is 17.4 Å². The molecular formula is C13H22ClN3O2. The highest BCUT2D eigenvalue weighted by molar-refractivity contribution is 6.29. The zero-order valence-electron chi connectivity index (χ0n) is 11.8. The summed E-state index contributed by atoms with van der Waals surface area (Å²) < 4.78 is 5.04. The van der Waals surface area contributed by atoms with Gasteiger partial charge in [0.2, 0.25) is 0 Å². The molecule has 0 saturated carbocycles. The van der Waals surface area contributed by atoms with Crippen molar-refractivity contribution in [1.29, 1.82) is 0 Å². The van der Waals surface area contributed by atoms with Gasteiger partial charge in [0.05, 0.1) is 6.61 Å². The molecule has 0 spiro atoms. The second-order valence-electron chi connectivity index (χ2n) is 4.29. The molecule has 0 aliphatic carbocycles. The monoisotopic (exact) mass is 287 g/mol. The van der Waals surface area contributed by atoms with Gasteiger partial charge in [0.1, 0.15) is 17.6 Å². The summed E-state index contributed by atoms with van der Waals surface area (Å²) in [7, 11) is 1.59. The van der Waals surface area contributed by atoms with Crippen LogP contribution in [-0.2, 0) is 11.3 Å². The molecule has 0 aliphatic rings. The molecule has 0 amide bonds. The molecule has 0 fully saturated rings. The number of hydrogen-bond donors (Lipinski definition) is 1. The first-order valence-electron chi connectivity index (χ1n) is 6.56. The molecule has 1 heterocycles. The number of nitrogens with zero attached hydrogens (tertiary/aromatic N) is 3. The smallest absolute Gasteiger partial charge is 0.158 e. The van der Waals surface area contributed by atoms with Crippen LogP contribution in [0, 0.1) is 0 Å². The van der Waals surface area contributed by atoms with E-state index in [1.165, 1.54) is 0 Å². The first-order valence-corrected chi connectivity index (χ1v) is 6.93. The van der Waals surface area contributed by atoms with Crippen LogP contribution in [0.1, 0.15) is 32.5 Å². The lowest BCUT2D eigenvalue weighted by Gasteiger charge is -2.31. The molecule has 1 rings (SSSR count). The zero-order chi connectivity index (χ0) is 14.3. The Labute approximate surface area is 119 Å². The fourth-order valence-corrected chi connectivity index (χ4v) is 2.31. The second-order valence-corrected chi connectivity index (χ2v) is 4.67. The van der Waals surface area contributed by atoms with Crippen LogP contribution in [0.2, 0.25) is 5.15 Å². The molecule has 0 aromatic carbocycles. The number of hydrogen-bond acceptors (Lipinski definition) is 5. The van der Waals surface area contributed by atoms with Gasteiger partial charge in [-0.3, -0.25) is 0 Å². The van der Waals surface area contributed by atoms with E-state index in [0.29, 0.717) is 30.2 Å². The Kier molecular flexibility index (Phi) is 7.05. The first kappa shape index (κ1) is 16.1. The van der Waals surface area contributed by atoms with Gasteiger partial charge < -0.3 is 14.7 Å². The second kappa shape index (κ2) is 8.30. The van der Waals surface area contributed by atoms with E-state index in [1.54, 1.807) is 13.2 Å². The molecular weight excluding hydrogens is 266 g/mol. The van der Waals surface area contributed by atoms with Crippen molar-refractivity contribution in [3.8, 4) is 0 Å². The number of aliphatic hydroxyl groups is 1. The SMILES string of the molecule is CCC(CC)N(CCO)c1cc(Cl)nc(COC)n1. The summed E-state index contributed by atoms with van der Waals surface area (Å²) in [5.41, 5.74) is 0. The molecule has 0 atom stereocenters. The van der Waals surface area contributed by atoms with Crippen molar-refractivity contribution in [2.45, 2.75) is 39.3 Å². The lowest BCUT2D eigenvalue weighted by atomic mass is 10.1. The number of aliphatic hydroxyl groups excluding tert-OH is 1. The third kappa shape index (κ3) is 4.60. The summed E-state index contributed by atoms with van der Waals surface area (Å²) in [5, 5.41) is 9.63. The van der Waals surface area contributed by atoms with E-state index in [2.05, 4.69) is 28.7 Å². The van der Waals surface area contributed by atoms with Crippen LogP contribution in [0.3, 0.4) is 0 Å². The molecule has 1 N–H and O–H groups in total. The van der Waals surface area contributed by atoms with Gasteiger partial charge in [0.25, 0.3) is 0 Å². The van der Waals surface area contributed by atoms with Crippen molar-refractivity contribution in [1.82, 2.24) is 9.97 Å². The summed E-state index contributed by atoms with van der Waals surface area (Å²) in [6, 6.07) is 2.06. The molecule has 108 valence electrons. The minimum Gasteiger partial charge on any atom is -0.395 e. The molecule has 0 unspecified atom stereocenters. The third-order valence-electron chi connectivity index (χ3n) is 3.02. The number of ether oxygens (including phenoxy) is 1. The van der Waals surface area contributed by atoms with Crippen molar-refractivity contribution in [3.05, 3.63) is 17.0 Å². The fourth-order valence-electron chi connectivity index (χ4n) is 2.11. The standard InChI is InChI=1S/C13H22ClN3O2/c1-4-10(5-2)17(6-7-18)13-8-11(14)15-12(16-13)9-19-3/h8,10,18H,4-7,9H2,1-3H3. The molecule has 6 heteroatoms. The van der Waals surface area contributed by atoms with Gasteiger partial charge in [-0.25, -0.2) is 9.97 Å². The maximum Gasteiger partial charge on any atom is 0.158 e. The third-order valence-corrected chi connectivity index (χ3v) is 3.21. The van der Waals surface area contributed by atoms with Crippen molar-refractivity contribution in [2.75, 3.05) is 25.2 Å². The minimum atomic E-state index is 0.0811. The molecule has 0 radical (unpaired) electrons. The number of rotatable bonds is 8. The number of halogens is 1. The molecule has 0 bridgehead atoms. The molecule has 19 heavy (non-hydrogen) atoms. The number of anilines is 1. The molecule has 1 aromatic rings. The van der Waals surface area contributed by atoms with E-state index >= 15 is 0 Å². The Morgan fingerprint density at radius 2 is 2.05 bits per heavy atom. The molecule has 0 aliphatic heterocycles. The van der Waals surface area contributed by atoms with Crippen LogP contribution in [0.15, 0.2) is 6.07 Å². The lowest BCUT2D eigenvalue weighted by Crippen LogP contribution is -2.37. The predicted octanol–water partition coefficient (Wildman–Crippen LogP) is 2.26. The van der Waals surface area contributed by atoms with Gasteiger partial charge in [-0.15, -0.1) is 0 Å². The van der Waals surface area contributed by atoms with E-state index in [4.69, 9.17) is 16.3 Å². The highest BCUT2D eigenvalue weighted by atomic mass is 35.5. The van der Waals surface area contributed by atoms with E-state index in [-0.39, 0.29) is 6.61 Å². The van der Waals surface area contributed by atoms with Crippen LogP contribution < -0.4 is 4.90 Å². The van der Waals surface area contributed by atoms with Crippen LogP contribution in [0.25, 0.3) is 0 Å². The topological polar surface area (TPSA) is 58.5 Å². The van der Waals surface area contributed by atoms with Crippen molar-refractivity contribution in [2.24, 2.45) is 0 Å². The largest absolute Gasteiger partial charge is 0.395 e. The van der Waals surface area contributed by atoms with Gasteiger partial charge in [0, 0.05) is 25.8 Å². The number of methoxy groups -OCH3 is 1. The summed E-state index contributed by atoms with van der Waals surface area (Å²) in [5.74, 6) is 1.30. The van der Waals surface area contributed by atoms with E-state index < -0.39 is 0 Å². The van der Waals surface area contributed by atoms with E-state index in [9.17, 15) is 5.11 Å². The maximum absolute atomic E-state index is 9.24. The summed E-state index contributed by atoms with van der Waals surface area (Å²) in [6.45, 7) is 5.18. The van der Waals surface area contributed by atoms with Crippen LogP contribution >= 0.6 is 11.6 Å². The van der Waals surface area contributed by atoms with Gasteiger partial charge >= 0.3 is 0 Å². The highest BCUT2D eigenvalue weighted by Gasteiger charge is 2.18. The number of aromatic nitrogens is 2. The summed E-state index contributed by atoms with van der Waals surface area (Å²) in [6.07, 6.45) is 1.97. The van der Waals surface area contributed by atoms with Crippen LogP contribution in [-0.4, -0.2) is 41.4 Å². The van der Waals surface area contributed by atoms with E-state index in [0.717, 1.165) is 18.7 Å². The van der Waals surface area contributed by atoms with Gasteiger partial charge in [0.15, 0.2) is 5.82 Å². The Morgan fingerprint density at radius 1 is 1.37 bits per heavy atom. The quantitative estimate of drug-likeness (QED) is 0.743. The Balaban J connectivity index is 3.06. The maximum atomic E-state index is 9.24. The first-order chi connectivity index (χ1) is 9.15. The normalized spacial score (nSPS) is 11.1. The minimum absolute atomic E-state index is 0.0811. The average molecular weight is 288 g/mol. The summed E-state index contributed by atoms with van der Waals surface area (Å²) >= 11 is 6.03. The van der Waals surface area contributed by atoms with Gasteiger partial charge in [-0.1, -0.05) is 25.4 Å². The Morgan fingerprint density at radius 3 is 2.58 bits per heavy atom. The summed E-state index contributed by atoms with van der Waals surface area (Å²) in [4.78, 5) is 10.6.